The fraction of sp³-hybridized carbons (Fsp3) is 0.389. The standard InChI is InChI=1S/C18H24N2/c1-12-9-14(3)18(10-13(12)2)16(5)20-15(4)17-7-6-8-19-11-17/h6-11,15-16,20H,1-5H3/t15-,16?/m1/s1. The van der Waals surface area contributed by atoms with Crippen molar-refractivity contribution in [3.05, 3.63) is 64.5 Å². The van der Waals surface area contributed by atoms with Crippen LogP contribution in [0.15, 0.2) is 36.7 Å². The number of benzene rings is 1. The minimum Gasteiger partial charge on any atom is -0.304 e. The van der Waals surface area contributed by atoms with E-state index in [0.717, 1.165) is 0 Å². The van der Waals surface area contributed by atoms with Crippen molar-refractivity contribution in [3.63, 3.8) is 0 Å². The van der Waals surface area contributed by atoms with Crippen molar-refractivity contribution in [2.24, 2.45) is 0 Å². The van der Waals surface area contributed by atoms with E-state index in [0.29, 0.717) is 12.1 Å². The molecule has 0 saturated carbocycles. The molecule has 1 heterocycles. The number of nitrogens with one attached hydrogen (secondary N) is 1. The summed E-state index contributed by atoms with van der Waals surface area (Å²) in [7, 11) is 0. The average molecular weight is 268 g/mol. The molecule has 20 heavy (non-hydrogen) atoms. The maximum Gasteiger partial charge on any atom is 0.0315 e. The zero-order chi connectivity index (χ0) is 14.7. The number of aromatic nitrogens is 1. The van der Waals surface area contributed by atoms with Crippen molar-refractivity contribution >= 4 is 0 Å². The third-order valence-electron chi connectivity index (χ3n) is 4.03. The molecule has 2 heteroatoms. The van der Waals surface area contributed by atoms with Crippen molar-refractivity contribution < 1.29 is 0 Å². The van der Waals surface area contributed by atoms with Crippen LogP contribution < -0.4 is 5.32 Å². The highest BCUT2D eigenvalue weighted by Crippen LogP contribution is 2.24. The van der Waals surface area contributed by atoms with Gasteiger partial charge in [-0.1, -0.05) is 18.2 Å². The van der Waals surface area contributed by atoms with Crippen molar-refractivity contribution in [1.29, 1.82) is 0 Å². The van der Waals surface area contributed by atoms with Gasteiger partial charge in [0.05, 0.1) is 0 Å². The maximum absolute atomic E-state index is 4.19. The first-order valence-corrected chi connectivity index (χ1v) is 7.22. The van der Waals surface area contributed by atoms with Gasteiger partial charge in [0.1, 0.15) is 0 Å². The minimum absolute atomic E-state index is 0.291. The molecule has 0 spiro atoms. The first kappa shape index (κ1) is 14.7. The van der Waals surface area contributed by atoms with Gasteiger partial charge in [0.2, 0.25) is 0 Å². The van der Waals surface area contributed by atoms with Crippen LogP contribution in [0.25, 0.3) is 0 Å². The van der Waals surface area contributed by atoms with Gasteiger partial charge in [-0.25, -0.2) is 0 Å². The highest BCUT2D eigenvalue weighted by atomic mass is 14.9. The molecule has 1 aromatic carbocycles. The summed E-state index contributed by atoms with van der Waals surface area (Å²) in [5.74, 6) is 0. The molecular weight excluding hydrogens is 244 g/mol. The molecule has 0 fully saturated rings. The van der Waals surface area contributed by atoms with Crippen LogP contribution in [0.3, 0.4) is 0 Å². The summed E-state index contributed by atoms with van der Waals surface area (Å²) in [6, 6.07) is 9.30. The molecule has 1 N–H and O–H groups in total. The molecule has 2 rings (SSSR count). The lowest BCUT2D eigenvalue weighted by Gasteiger charge is -2.23. The second-order valence-electron chi connectivity index (χ2n) is 5.69. The lowest BCUT2D eigenvalue weighted by molar-refractivity contribution is 0.492. The topological polar surface area (TPSA) is 24.9 Å². The summed E-state index contributed by atoms with van der Waals surface area (Å²) in [6.07, 6.45) is 3.74. The Hall–Kier alpha value is -1.67. The lowest BCUT2D eigenvalue weighted by Crippen LogP contribution is -2.23. The Morgan fingerprint density at radius 2 is 1.65 bits per heavy atom. The molecule has 1 unspecified atom stereocenters. The molecule has 2 aromatic rings. The molecule has 0 radical (unpaired) electrons. The number of rotatable bonds is 4. The third kappa shape index (κ3) is 3.26. The van der Waals surface area contributed by atoms with E-state index >= 15 is 0 Å². The van der Waals surface area contributed by atoms with E-state index in [9.17, 15) is 0 Å². The van der Waals surface area contributed by atoms with Crippen molar-refractivity contribution in [1.82, 2.24) is 10.3 Å². The van der Waals surface area contributed by atoms with E-state index in [4.69, 9.17) is 0 Å². The molecule has 0 bridgehead atoms. The minimum atomic E-state index is 0.291. The highest BCUT2D eigenvalue weighted by Gasteiger charge is 2.13. The number of hydrogen-bond acceptors (Lipinski definition) is 2. The van der Waals surface area contributed by atoms with Crippen LogP contribution in [0.1, 0.15) is 53.7 Å². The molecule has 2 nitrogen and oxygen atoms in total. The summed E-state index contributed by atoms with van der Waals surface area (Å²) in [5.41, 5.74) is 6.67. The molecule has 0 aliphatic carbocycles. The fourth-order valence-electron chi connectivity index (χ4n) is 2.64. The molecule has 0 amide bonds. The number of pyridine rings is 1. The van der Waals surface area contributed by atoms with Gasteiger partial charge in [-0.3, -0.25) is 4.98 Å². The van der Waals surface area contributed by atoms with Crippen LogP contribution in [0.5, 0.6) is 0 Å². The van der Waals surface area contributed by atoms with Gasteiger partial charge >= 0.3 is 0 Å². The summed E-state index contributed by atoms with van der Waals surface area (Å²) >= 11 is 0. The number of hydrogen-bond donors (Lipinski definition) is 1. The molecule has 2 atom stereocenters. The van der Waals surface area contributed by atoms with Crippen molar-refractivity contribution in [2.45, 2.75) is 46.7 Å². The number of nitrogens with zero attached hydrogens (tertiary/aromatic N) is 1. The largest absolute Gasteiger partial charge is 0.304 e. The third-order valence-corrected chi connectivity index (χ3v) is 4.03. The van der Waals surface area contributed by atoms with Gasteiger partial charge in [0, 0.05) is 24.5 Å². The van der Waals surface area contributed by atoms with E-state index in [2.05, 4.69) is 63.1 Å². The predicted molar refractivity (Wildman–Crippen MR) is 84.9 cm³/mol. The Balaban J connectivity index is 2.16. The first-order valence-electron chi connectivity index (χ1n) is 7.22. The number of aryl methyl sites for hydroxylation is 3. The maximum atomic E-state index is 4.19. The van der Waals surface area contributed by atoms with E-state index in [-0.39, 0.29) is 0 Å². The normalized spacial score (nSPS) is 14.1. The Labute approximate surface area is 122 Å². The zero-order valence-electron chi connectivity index (χ0n) is 13.1. The summed E-state index contributed by atoms with van der Waals surface area (Å²) in [4.78, 5) is 4.19. The second kappa shape index (κ2) is 6.19. The quantitative estimate of drug-likeness (QED) is 0.888. The monoisotopic (exact) mass is 268 g/mol. The average Bonchev–Trinajstić information content (AvgIpc) is 2.43. The molecule has 1 aromatic heterocycles. The molecule has 106 valence electrons. The van der Waals surface area contributed by atoms with Gasteiger partial charge < -0.3 is 5.32 Å². The van der Waals surface area contributed by atoms with E-state index in [1.165, 1.54) is 27.8 Å². The highest BCUT2D eigenvalue weighted by molar-refractivity contribution is 5.38. The Kier molecular flexibility index (Phi) is 4.56. The van der Waals surface area contributed by atoms with Crippen LogP contribution in [0.4, 0.5) is 0 Å². The van der Waals surface area contributed by atoms with Crippen LogP contribution in [0.2, 0.25) is 0 Å². The summed E-state index contributed by atoms with van der Waals surface area (Å²) < 4.78 is 0. The Bertz CT molecular complexity index is 575. The van der Waals surface area contributed by atoms with Gasteiger partial charge in [0.25, 0.3) is 0 Å². The molecular formula is C18H24N2. The van der Waals surface area contributed by atoms with Gasteiger partial charge in [-0.2, -0.15) is 0 Å². The Morgan fingerprint density at radius 3 is 2.30 bits per heavy atom. The fourth-order valence-corrected chi connectivity index (χ4v) is 2.64. The van der Waals surface area contributed by atoms with E-state index in [1.54, 1.807) is 0 Å². The predicted octanol–water partition coefficient (Wildman–Crippen LogP) is 4.42. The van der Waals surface area contributed by atoms with Crippen LogP contribution in [0, 0.1) is 20.8 Å². The van der Waals surface area contributed by atoms with Crippen molar-refractivity contribution in [3.8, 4) is 0 Å². The molecule has 0 aliphatic heterocycles. The summed E-state index contributed by atoms with van der Waals surface area (Å²) in [6.45, 7) is 10.9. The van der Waals surface area contributed by atoms with Crippen molar-refractivity contribution in [2.75, 3.05) is 0 Å². The van der Waals surface area contributed by atoms with E-state index in [1.807, 2.05) is 18.5 Å². The van der Waals surface area contributed by atoms with Gasteiger partial charge in [-0.05, 0) is 68.5 Å². The lowest BCUT2D eigenvalue weighted by atomic mass is 9.96. The summed E-state index contributed by atoms with van der Waals surface area (Å²) in [5, 5.41) is 3.66. The van der Waals surface area contributed by atoms with Crippen LogP contribution >= 0.6 is 0 Å². The molecule has 0 aliphatic rings. The second-order valence-corrected chi connectivity index (χ2v) is 5.69. The SMILES string of the molecule is Cc1cc(C)c(C(C)N[C@H](C)c2cccnc2)cc1C. The van der Waals surface area contributed by atoms with Gasteiger partial charge in [-0.15, -0.1) is 0 Å². The van der Waals surface area contributed by atoms with Crippen LogP contribution in [-0.2, 0) is 0 Å². The van der Waals surface area contributed by atoms with E-state index < -0.39 is 0 Å². The van der Waals surface area contributed by atoms with Gasteiger partial charge in [0.15, 0.2) is 0 Å². The van der Waals surface area contributed by atoms with Crippen LogP contribution in [-0.4, -0.2) is 4.98 Å². The molecule has 0 saturated heterocycles. The first-order chi connectivity index (χ1) is 9.49. The smallest absolute Gasteiger partial charge is 0.0315 e. The zero-order valence-corrected chi connectivity index (χ0v) is 13.1. The Morgan fingerprint density at radius 1 is 0.950 bits per heavy atom.